The Hall–Kier alpha value is -3.17. The molecule has 2 aromatic heterocycles. The monoisotopic (exact) mass is 555 g/mol. The fraction of sp³-hybridized carbons (Fsp3) is 0.269. The lowest BCUT2D eigenvalue weighted by atomic mass is 10.0. The Morgan fingerprint density at radius 1 is 1.14 bits per heavy atom. The molecule has 0 radical (unpaired) electrons. The molecule has 4 aromatic rings. The number of amides is 1. The number of aromatic nitrogens is 2. The number of nitrogens with one attached hydrogen (secondary N) is 1. The third kappa shape index (κ3) is 4.83. The van der Waals surface area contributed by atoms with Gasteiger partial charge in [-0.2, -0.15) is 0 Å². The first-order valence-corrected chi connectivity index (χ1v) is 12.8. The van der Waals surface area contributed by atoms with Crippen molar-refractivity contribution in [2.45, 2.75) is 32.7 Å². The van der Waals surface area contributed by atoms with Gasteiger partial charge in [0.25, 0.3) is 5.56 Å². The topological polar surface area (TPSA) is 82.5 Å². The van der Waals surface area contributed by atoms with E-state index in [0.717, 1.165) is 26.9 Å². The molecule has 0 aliphatic carbocycles. The molecule has 0 bridgehead atoms. The second-order valence-corrected chi connectivity index (χ2v) is 9.88. The number of halogens is 1. The highest BCUT2D eigenvalue weighted by atomic mass is 79.9. The lowest BCUT2D eigenvalue weighted by molar-refractivity contribution is -0.119. The molecule has 4 rings (SSSR count). The van der Waals surface area contributed by atoms with Crippen LogP contribution in [-0.2, 0) is 11.2 Å². The Balaban J connectivity index is 1.79. The quantitative estimate of drug-likeness (QED) is 0.286. The maximum atomic E-state index is 13.8. The predicted molar refractivity (Wildman–Crippen MR) is 144 cm³/mol. The molecule has 1 N–H and O–H groups in total. The molecule has 1 unspecified atom stereocenters. The van der Waals surface area contributed by atoms with E-state index in [9.17, 15) is 9.59 Å². The number of fused-ring (bicyclic) bond motifs is 1. The van der Waals surface area contributed by atoms with Crippen LogP contribution < -0.4 is 20.3 Å². The zero-order chi connectivity index (χ0) is 25.1. The average Bonchev–Trinajstić information content (AvgIpc) is 3.25. The van der Waals surface area contributed by atoms with Crippen molar-refractivity contribution in [3.8, 4) is 22.6 Å². The lowest BCUT2D eigenvalue weighted by Crippen LogP contribution is -2.33. The van der Waals surface area contributed by atoms with Crippen LogP contribution in [0.3, 0.4) is 0 Å². The van der Waals surface area contributed by atoms with E-state index in [0.29, 0.717) is 33.8 Å². The van der Waals surface area contributed by atoms with E-state index in [2.05, 4.69) is 33.2 Å². The molecule has 0 spiro atoms. The van der Waals surface area contributed by atoms with Gasteiger partial charge in [0.2, 0.25) is 5.91 Å². The number of carbonyl (C=O) groups excluding carboxylic acids is 1. The third-order valence-electron chi connectivity index (χ3n) is 5.85. The maximum Gasteiger partial charge on any atom is 0.263 e. The molecule has 0 saturated heterocycles. The summed E-state index contributed by atoms with van der Waals surface area (Å²) in [5, 5.41) is 3.44. The molecule has 2 aromatic carbocycles. The summed E-state index contributed by atoms with van der Waals surface area (Å²) in [5.41, 5.74) is 2.07. The summed E-state index contributed by atoms with van der Waals surface area (Å²) < 4.78 is 13.1. The Labute approximate surface area is 215 Å². The van der Waals surface area contributed by atoms with Gasteiger partial charge in [-0.15, -0.1) is 11.3 Å². The van der Waals surface area contributed by atoms with Gasteiger partial charge in [-0.25, -0.2) is 4.98 Å². The van der Waals surface area contributed by atoms with E-state index >= 15 is 0 Å². The van der Waals surface area contributed by atoms with Gasteiger partial charge < -0.3 is 14.8 Å². The van der Waals surface area contributed by atoms with E-state index < -0.39 is 6.04 Å². The number of hydrogen-bond acceptors (Lipinski definition) is 6. The third-order valence-corrected chi connectivity index (χ3v) is 7.62. The zero-order valence-electron chi connectivity index (χ0n) is 19.9. The highest BCUT2D eigenvalue weighted by Crippen LogP contribution is 2.37. The molecule has 1 amide bonds. The van der Waals surface area contributed by atoms with E-state index in [1.165, 1.54) is 29.3 Å². The Morgan fingerprint density at radius 2 is 1.89 bits per heavy atom. The molecule has 2 heterocycles. The van der Waals surface area contributed by atoms with Gasteiger partial charge in [-0.05, 0) is 42.7 Å². The van der Waals surface area contributed by atoms with Crippen molar-refractivity contribution >= 4 is 49.1 Å². The molecular weight excluding hydrogens is 530 g/mol. The minimum absolute atomic E-state index is 0.233. The van der Waals surface area contributed by atoms with Crippen LogP contribution >= 0.6 is 27.3 Å². The molecule has 0 fully saturated rings. The van der Waals surface area contributed by atoms with E-state index in [-0.39, 0.29) is 11.5 Å². The fourth-order valence-corrected chi connectivity index (χ4v) is 5.43. The number of rotatable bonds is 8. The molecule has 7 nitrogen and oxygen atoms in total. The maximum absolute atomic E-state index is 13.8. The van der Waals surface area contributed by atoms with E-state index in [1.807, 2.05) is 31.2 Å². The van der Waals surface area contributed by atoms with Gasteiger partial charge in [-0.3, -0.25) is 14.2 Å². The van der Waals surface area contributed by atoms with Gasteiger partial charge in [0, 0.05) is 21.0 Å². The van der Waals surface area contributed by atoms with Gasteiger partial charge in [0.15, 0.2) is 0 Å². The second kappa shape index (κ2) is 10.6. The molecule has 182 valence electrons. The van der Waals surface area contributed by atoms with Crippen molar-refractivity contribution in [3.05, 3.63) is 68.5 Å². The number of ether oxygens (including phenoxy) is 2. The molecule has 0 aliphatic heterocycles. The lowest BCUT2D eigenvalue weighted by Gasteiger charge is -2.19. The SMILES string of the molecule is CCc1sc2ncn(C(CC)C(=O)Nc3cc(OC)ccc3OC)c(=O)c2c1-c1ccc(Br)cc1. The van der Waals surface area contributed by atoms with Crippen molar-refractivity contribution in [2.75, 3.05) is 19.5 Å². The van der Waals surface area contributed by atoms with Gasteiger partial charge in [0.05, 0.1) is 31.6 Å². The zero-order valence-corrected chi connectivity index (χ0v) is 22.3. The first-order valence-electron chi connectivity index (χ1n) is 11.2. The summed E-state index contributed by atoms with van der Waals surface area (Å²) in [7, 11) is 3.08. The number of aryl methyl sites for hydroxylation is 1. The first-order chi connectivity index (χ1) is 16.9. The van der Waals surface area contributed by atoms with Crippen LogP contribution in [0.2, 0.25) is 0 Å². The summed E-state index contributed by atoms with van der Waals surface area (Å²) in [6, 6.07) is 12.3. The minimum Gasteiger partial charge on any atom is -0.497 e. The number of hydrogen-bond donors (Lipinski definition) is 1. The predicted octanol–water partition coefficient (Wildman–Crippen LogP) is 6.06. The van der Waals surface area contributed by atoms with Crippen LogP contribution in [0.25, 0.3) is 21.3 Å². The standard InChI is InChI=1S/C26H26BrN3O4S/c1-5-19(24(31)29-18-13-17(33-3)11-12-20(18)34-4)30-14-28-25-23(26(30)32)22(21(6-2)35-25)15-7-9-16(27)10-8-15/h7-14,19H,5-6H2,1-4H3,(H,29,31). The van der Waals surface area contributed by atoms with Crippen molar-refractivity contribution < 1.29 is 14.3 Å². The summed E-state index contributed by atoms with van der Waals surface area (Å²) in [4.78, 5) is 33.5. The molecular formula is C26H26BrN3O4S. The number of thiophene rings is 1. The second-order valence-electron chi connectivity index (χ2n) is 7.88. The first kappa shape index (κ1) is 24.9. The molecule has 9 heteroatoms. The average molecular weight is 556 g/mol. The molecule has 1 atom stereocenters. The normalized spacial score (nSPS) is 11.9. The van der Waals surface area contributed by atoms with Crippen molar-refractivity contribution in [1.29, 1.82) is 0 Å². The van der Waals surface area contributed by atoms with Crippen LogP contribution in [0.5, 0.6) is 11.5 Å². The minimum atomic E-state index is -0.752. The summed E-state index contributed by atoms with van der Waals surface area (Å²) in [6.07, 6.45) is 2.66. The van der Waals surface area contributed by atoms with Gasteiger partial charge >= 0.3 is 0 Å². The Kier molecular flexibility index (Phi) is 7.57. The smallest absolute Gasteiger partial charge is 0.263 e. The highest BCUT2D eigenvalue weighted by molar-refractivity contribution is 9.10. The van der Waals surface area contributed by atoms with Crippen LogP contribution in [0.15, 0.2) is 58.1 Å². The molecule has 35 heavy (non-hydrogen) atoms. The van der Waals surface area contributed by atoms with Crippen molar-refractivity contribution in [2.24, 2.45) is 0 Å². The number of carbonyl (C=O) groups is 1. The number of methoxy groups -OCH3 is 2. The Bertz CT molecular complexity index is 1430. The summed E-state index contributed by atoms with van der Waals surface area (Å²) in [6.45, 7) is 3.93. The van der Waals surface area contributed by atoms with Crippen molar-refractivity contribution in [3.63, 3.8) is 0 Å². The van der Waals surface area contributed by atoms with Gasteiger partial charge in [0.1, 0.15) is 22.4 Å². The Morgan fingerprint density at radius 3 is 2.51 bits per heavy atom. The van der Waals surface area contributed by atoms with Crippen LogP contribution in [-0.4, -0.2) is 29.7 Å². The highest BCUT2D eigenvalue weighted by Gasteiger charge is 2.25. The summed E-state index contributed by atoms with van der Waals surface area (Å²) >= 11 is 4.99. The van der Waals surface area contributed by atoms with Crippen LogP contribution in [0.1, 0.15) is 31.2 Å². The van der Waals surface area contributed by atoms with Crippen molar-refractivity contribution in [1.82, 2.24) is 9.55 Å². The fourth-order valence-electron chi connectivity index (χ4n) is 4.08. The van der Waals surface area contributed by atoms with Crippen LogP contribution in [0.4, 0.5) is 5.69 Å². The molecule has 0 saturated carbocycles. The van der Waals surface area contributed by atoms with Gasteiger partial charge in [-0.1, -0.05) is 41.9 Å². The van der Waals surface area contributed by atoms with E-state index in [1.54, 1.807) is 25.3 Å². The van der Waals surface area contributed by atoms with Crippen LogP contribution in [0, 0.1) is 0 Å². The number of nitrogens with zero attached hydrogens (tertiary/aromatic N) is 2. The number of anilines is 1. The molecule has 0 aliphatic rings. The van der Waals surface area contributed by atoms with E-state index in [4.69, 9.17) is 9.47 Å². The summed E-state index contributed by atoms with van der Waals surface area (Å²) in [5.74, 6) is 0.746. The largest absolute Gasteiger partial charge is 0.497 e. The number of benzene rings is 2.